The summed E-state index contributed by atoms with van der Waals surface area (Å²) in [5, 5.41) is 8.58. The summed E-state index contributed by atoms with van der Waals surface area (Å²) in [5.74, 6) is 1.51. The smallest absolute Gasteiger partial charge is 0.226 e. The van der Waals surface area contributed by atoms with Gasteiger partial charge in [0.2, 0.25) is 11.0 Å². The highest BCUT2D eigenvalue weighted by molar-refractivity contribution is 7.20. The first kappa shape index (κ1) is 19.8. The summed E-state index contributed by atoms with van der Waals surface area (Å²) in [6.45, 7) is 6.85. The molecule has 5 rings (SSSR count). The number of aromatic nitrogens is 3. The van der Waals surface area contributed by atoms with E-state index in [1.807, 2.05) is 25.1 Å². The third-order valence-electron chi connectivity index (χ3n) is 5.57. The minimum absolute atomic E-state index is 0.0121. The zero-order valence-electron chi connectivity index (χ0n) is 17.8. The molecule has 3 heterocycles. The molecule has 1 aliphatic rings. The molecule has 4 aromatic rings. The van der Waals surface area contributed by atoms with E-state index in [0.29, 0.717) is 13.0 Å². The zero-order chi connectivity index (χ0) is 21.5. The van der Waals surface area contributed by atoms with Gasteiger partial charge in [-0.3, -0.25) is 4.79 Å². The summed E-state index contributed by atoms with van der Waals surface area (Å²) in [5.41, 5.74) is 5.18. The van der Waals surface area contributed by atoms with Crippen LogP contribution in [0.5, 0.6) is 5.75 Å². The summed E-state index contributed by atoms with van der Waals surface area (Å²) in [4.78, 5) is 17.4. The lowest BCUT2D eigenvalue weighted by Crippen LogP contribution is -2.24. The molecular formula is C24H24N4O2S. The fraction of sp³-hybridized carbons (Fsp3) is 0.292. The first-order valence-electron chi connectivity index (χ1n) is 10.5. The molecule has 0 aliphatic carbocycles. The molecule has 1 atom stereocenters. The summed E-state index contributed by atoms with van der Waals surface area (Å²) in [7, 11) is 0. The van der Waals surface area contributed by atoms with E-state index in [9.17, 15) is 4.79 Å². The van der Waals surface area contributed by atoms with Crippen LogP contribution in [0, 0.1) is 13.8 Å². The molecule has 0 saturated carbocycles. The molecule has 2 aromatic carbocycles. The first-order valence-corrected chi connectivity index (χ1v) is 11.3. The van der Waals surface area contributed by atoms with Crippen molar-refractivity contribution in [2.45, 2.75) is 39.5 Å². The molecule has 1 aliphatic heterocycles. The molecule has 1 amide bonds. The Morgan fingerprint density at radius 3 is 2.77 bits per heavy atom. The van der Waals surface area contributed by atoms with Gasteiger partial charge in [0.1, 0.15) is 11.6 Å². The Bertz CT molecular complexity index is 1270. The average molecular weight is 433 g/mol. The molecule has 1 N–H and O–H groups in total. The predicted octanol–water partition coefficient (Wildman–Crippen LogP) is 5.36. The molecule has 0 unspecified atom stereocenters. The molecule has 0 spiro atoms. The molecule has 0 saturated heterocycles. The number of aryl methyl sites for hydroxylation is 2. The lowest BCUT2D eigenvalue weighted by Gasteiger charge is -2.24. The van der Waals surface area contributed by atoms with Crippen LogP contribution >= 0.6 is 11.3 Å². The van der Waals surface area contributed by atoms with Gasteiger partial charge in [0.15, 0.2) is 0 Å². The summed E-state index contributed by atoms with van der Waals surface area (Å²) < 4.78 is 8.60. The maximum atomic E-state index is 12.6. The van der Waals surface area contributed by atoms with Crippen molar-refractivity contribution in [1.29, 1.82) is 0 Å². The topological polar surface area (TPSA) is 69.0 Å². The molecule has 2 aromatic heterocycles. The highest BCUT2D eigenvalue weighted by Gasteiger charge is 2.33. The number of amides is 1. The van der Waals surface area contributed by atoms with Crippen molar-refractivity contribution in [3.05, 3.63) is 64.8 Å². The number of fused-ring (bicyclic) bond motifs is 2. The van der Waals surface area contributed by atoms with Gasteiger partial charge in [-0.15, -0.1) is 0 Å². The fourth-order valence-corrected chi connectivity index (χ4v) is 5.12. The summed E-state index contributed by atoms with van der Waals surface area (Å²) >= 11 is 1.58. The van der Waals surface area contributed by atoms with Crippen molar-refractivity contribution < 1.29 is 9.53 Å². The van der Waals surface area contributed by atoms with Crippen LogP contribution in [-0.4, -0.2) is 27.3 Å². The quantitative estimate of drug-likeness (QED) is 0.461. The van der Waals surface area contributed by atoms with Gasteiger partial charge in [0, 0.05) is 17.9 Å². The second-order valence-corrected chi connectivity index (χ2v) is 8.96. The van der Waals surface area contributed by atoms with E-state index < -0.39 is 0 Å². The Hall–Kier alpha value is -3.19. The third-order valence-corrected chi connectivity index (χ3v) is 6.57. The summed E-state index contributed by atoms with van der Waals surface area (Å²) in [6, 6.07) is 14.3. The highest BCUT2D eigenvalue weighted by atomic mass is 32.1. The number of rotatable bonds is 5. The lowest BCUT2D eigenvalue weighted by molar-refractivity contribution is -0.116. The second kappa shape index (κ2) is 7.81. The number of nitrogens with zero attached hydrogens (tertiary/aromatic N) is 3. The van der Waals surface area contributed by atoms with Gasteiger partial charge < -0.3 is 10.1 Å². The Labute approximate surface area is 184 Å². The summed E-state index contributed by atoms with van der Waals surface area (Å²) in [6.07, 6.45) is 1.37. The number of carbonyl (C=O) groups is 1. The number of benzene rings is 2. The van der Waals surface area contributed by atoms with Crippen molar-refractivity contribution in [2.75, 3.05) is 11.9 Å². The number of nitrogens with one attached hydrogen (secondary N) is 1. The zero-order valence-corrected chi connectivity index (χ0v) is 18.6. The highest BCUT2D eigenvalue weighted by Crippen LogP contribution is 2.41. The molecule has 7 heteroatoms. The van der Waals surface area contributed by atoms with E-state index in [1.54, 1.807) is 16.0 Å². The Morgan fingerprint density at radius 2 is 2.00 bits per heavy atom. The van der Waals surface area contributed by atoms with Gasteiger partial charge in [-0.05, 0) is 55.7 Å². The number of ether oxygens (including phenoxy) is 1. The molecule has 158 valence electrons. The van der Waals surface area contributed by atoms with Gasteiger partial charge in [-0.2, -0.15) is 9.78 Å². The molecule has 6 nitrogen and oxygen atoms in total. The van der Waals surface area contributed by atoms with Crippen LogP contribution in [-0.2, 0) is 4.79 Å². The van der Waals surface area contributed by atoms with Gasteiger partial charge in [-0.25, -0.2) is 4.98 Å². The Kier molecular flexibility index (Phi) is 4.98. The number of thiazole rings is 1. The van der Waals surface area contributed by atoms with Crippen LogP contribution < -0.4 is 10.1 Å². The number of hydrogen-bond acceptors (Lipinski definition) is 5. The fourth-order valence-electron chi connectivity index (χ4n) is 4.10. The maximum Gasteiger partial charge on any atom is 0.226 e. The first-order chi connectivity index (χ1) is 15.0. The van der Waals surface area contributed by atoms with Gasteiger partial charge in [0.25, 0.3) is 0 Å². The molecule has 31 heavy (non-hydrogen) atoms. The van der Waals surface area contributed by atoms with Gasteiger partial charge in [-0.1, -0.05) is 36.5 Å². The van der Waals surface area contributed by atoms with Crippen molar-refractivity contribution >= 4 is 33.3 Å². The van der Waals surface area contributed by atoms with E-state index in [-0.39, 0.29) is 11.8 Å². The minimum atomic E-state index is -0.0469. The SMILES string of the molecule is CCCOc1ccc([C@H]2CC(=O)Nc3c2c(C)nn3-c2nc3ccc(C)cc3s2)cc1. The van der Waals surface area contributed by atoms with E-state index in [4.69, 9.17) is 14.8 Å². The molecule has 0 fully saturated rings. The van der Waals surface area contributed by atoms with E-state index >= 15 is 0 Å². The van der Waals surface area contributed by atoms with E-state index in [2.05, 4.69) is 43.4 Å². The largest absolute Gasteiger partial charge is 0.494 e. The Balaban J connectivity index is 1.56. The van der Waals surface area contributed by atoms with Gasteiger partial charge >= 0.3 is 0 Å². The van der Waals surface area contributed by atoms with Crippen molar-refractivity contribution in [3.8, 4) is 10.9 Å². The minimum Gasteiger partial charge on any atom is -0.494 e. The van der Waals surface area contributed by atoms with Crippen LogP contribution in [0.25, 0.3) is 15.3 Å². The van der Waals surface area contributed by atoms with Crippen LogP contribution in [0.3, 0.4) is 0 Å². The van der Waals surface area contributed by atoms with Gasteiger partial charge in [0.05, 0.1) is 22.5 Å². The maximum absolute atomic E-state index is 12.6. The lowest BCUT2D eigenvalue weighted by atomic mass is 9.86. The average Bonchev–Trinajstić information content (AvgIpc) is 3.32. The normalized spacial score (nSPS) is 15.7. The van der Waals surface area contributed by atoms with E-state index in [0.717, 1.165) is 50.2 Å². The number of anilines is 1. The van der Waals surface area contributed by atoms with E-state index in [1.165, 1.54) is 5.56 Å². The standard InChI is InChI=1S/C24H24N4O2S/c1-4-11-30-17-8-6-16(7-9-17)18-13-21(29)26-23-22(18)15(3)27-28(23)24-25-19-10-5-14(2)12-20(19)31-24/h5-10,12,18H,4,11,13H2,1-3H3,(H,26,29)/t18-/m1/s1. The van der Waals surface area contributed by atoms with Crippen molar-refractivity contribution in [2.24, 2.45) is 0 Å². The van der Waals surface area contributed by atoms with Crippen LogP contribution in [0.1, 0.15) is 48.1 Å². The molecular weight excluding hydrogens is 408 g/mol. The predicted molar refractivity (Wildman–Crippen MR) is 124 cm³/mol. The van der Waals surface area contributed by atoms with Crippen LogP contribution in [0.15, 0.2) is 42.5 Å². The molecule has 0 bridgehead atoms. The Morgan fingerprint density at radius 1 is 1.19 bits per heavy atom. The number of carbonyl (C=O) groups excluding carboxylic acids is 1. The van der Waals surface area contributed by atoms with Crippen LogP contribution in [0.2, 0.25) is 0 Å². The molecule has 0 radical (unpaired) electrons. The second-order valence-electron chi connectivity index (χ2n) is 7.95. The van der Waals surface area contributed by atoms with Crippen LogP contribution in [0.4, 0.5) is 5.82 Å². The van der Waals surface area contributed by atoms with Crippen molar-refractivity contribution in [3.63, 3.8) is 0 Å². The third kappa shape index (κ3) is 3.59. The van der Waals surface area contributed by atoms with Crippen molar-refractivity contribution in [1.82, 2.24) is 14.8 Å². The number of hydrogen-bond donors (Lipinski definition) is 1. The monoisotopic (exact) mass is 432 g/mol.